The van der Waals surface area contributed by atoms with Gasteiger partial charge in [-0.2, -0.15) is 9.97 Å². The van der Waals surface area contributed by atoms with Crippen LogP contribution < -0.4 is 4.74 Å². The number of pyridine rings is 1. The van der Waals surface area contributed by atoms with E-state index in [0.29, 0.717) is 43.4 Å². The second-order valence-electron chi connectivity index (χ2n) is 11.2. The van der Waals surface area contributed by atoms with Crippen LogP contribution in [0.5, 0.6) is 6.01 Å². The quantitative estimate of drug-likeness (QED) is 0.352. The molecule has 1 amide bonds. The van der Waals surface area contributed by atoms with Gasteiger partial charge in [-0.1, -0.05) is 41.9 Å². The molecule has 1 aromatic carbocycles. The molecule has 4 atom stereocenters. The maximum Gasteiger partial charge on any atom is 0.410 e. The minimum Gasteiger partial charge on any atom is -0.461 e. The van der Waals surface area contributed by atoms with Gasteiger partial charge in [-0.25, -0.2) is 18.6 Å². The third kappa shape index (κ3) is 5.19. The Labute approximate surface area is 236 Å². The molecule has 0 aliphatic carbocycles. The van der Waals surface area contributed by atoms with Crippen molar-refractivity contribution in [2.24, 2.45) is 0 Å². The summed E-state index contributed by atoms with van der Waals surface area (Å²) in [5.41, 5.74) is 1.20. The van der Waals surface area contributed by atoms with E-state index in [9.17, 15) is 9.18 Å². The molecule has 8 nitrogen and oxygen atoms in total. The number of halogens is 3. The number of piperidine rings is 1. The second-order valence-corrected chi connectivity index (χ2v) is 11.5. The van der Waals surface area contributed by atoms with Crippen LogP contribution in [0.4, 0.5) is 13.6 Å². The number of hydrogen-bond acceptors (Lipinski definition) is 7. The Morgan fingerprint density at radius 1 is 1.23 bits per heavy atom. The smallest absolute Gasteiger partial charge is 0.410 e. The molecule has 0 bridgehead atoms. The fraction of sp³-hybridized carbons (Fsp3) is 0.517. The third-order valence-corrected chi connectivity index (χ3v) is 8.85. The van der Waals surface area contributed by atoms with Gasteiger partial charge in [0.15, 0.2) is 11.0 Å². The Morgan fingerprint density at radius 2 is 2.05 bits per heavy atom. The maximum atomic E-state index is 15.1. The van der Waals surface area contributed by atoms with Crippen molar-refractivity contribution in [3.05, 3.63) is 58.8 Å². The Kier molecular flexibility index (Phi) is 7.48. The lowest BCUT2D eigenvalue weighted by Gasteiger charge is -2.37. The standard InChI is InChI=1S/C29H32ClF2N5O3/c1-18-12-20(8-11-37(18)28(38)39-16-19-6-3-2-4-7-19)24-22-14-33-26(30)23(32)25(22)35-27(34-24)40-17-29-9-5-10-36(29)15-21(31)13-29/h2-4,6-7,14,18,20-21H,5,8-13,15-17H2,1H3/t18-,20?,21+,29-/m0/s1. The molecule has 3 aliphatic rings. The number of rotatable bonds is 6. The van der Waals surface area contributed by atoms with E-state index >= 15 is 4.39 Å². The number of likely N-dealkylation sites (tertiary alicyclic amines) is 1. The highest BCUT2D eigenvalue weighted by Crippen LogP contribution is 2.41. The summed E-state index contributed by atoms with van der Waals surface area (Å²) in [5, 5.41) is 0.195. The predicted octanol–water partition coefficient (Wildman–Crippen LogP) is 5.68. The SMILES string of the molecule is C[C@H]1CC(c2nc(OC[C@@]34CCCN3C[C@H](F)C4)nc3c(F)c(Cl)ncc23)CCN1C(=O)OCc1ccccc1. The van der Waals surface area contributed by atoms with Crippen molar-refractivity contribution in [3.8, 4) is 6.01 Å². The molecule has 6 rings (SSSR count). The van der Waals surface area contributed by atoms with Gasteiger partial charge in [0.25, 0.3) is 0 Å². The van der Waals surface area contributed by atoms with Crippen molar-refractivity contribution >= 4 is 28.6 Å². The molecular formula is C29H32ClF2N5O3. The summed E-state index contributed by atoms with van der Waals surface area (Å²) < 4.78 is 41.0. The number of nitrogens with zero attached hydrogens (tertiary/aromatic N) is 5. The zero-order valence-corrected chi connectivity index (χ0v) is 23.1. The van der Waals surface area contributed by atoms with Gasteiger partial charge in [0.05, 0.1) is 11.2 Å². The average Bonchev–Trinajstić information content (AvgIpc) is 3.48. The van der Waals surface area contributed by atoms with Gasteiger partial charge in [-0.3, -0.25) is 4.90 Å². The molecule has 0 radical (unpaired) electrons. The van der Waals surface area contributed by atoms with Crippen molar-refractivity contribution in [2.75, 3.05) is 26.2 Å². The van der Waals surface area contributed by atoms with E-state index in [1.54, 1.807) is 4.90 Å². The van der Waals surface area contributed by atoms with Gasteiger partial charge in [0, 0.05) is 43.1 Å². The van der Waals surface area contributed by atoms with Crippen molar-refractivity contribution in [1.29, 1.82) is 0 Å². The summed E-state index contributed by atoms with van der Waals surface area (Å²) >= 11 is 6.00. The molecule has 0 spiro atoms. The van der Waals surface area contributed by atoms with Gasteiger partial charge in [0.2, 0.25) is 0 Å². The van der Waals surface area contributed by atoms with Gasteiger partial charge in [0.1, 0.15) is 24.9 Å². The fourth-order valence-electron chi connectivity index (χ4n) is 6.55. The molecule has 3 fully saturated rings. The first kappa shape index (κ1) is 27.1. The average molecular weight is 572 g/mol. The van der Waals surface area contributed by atoms with E-state index in [1.165, 1.54) is 6.20 Å². The van der Waals surface area contributed by atoms with E-state index in [2.05, 4.69) is 14.9 Å². The van der Waals surface area contributed by atoms with Crippen LogP contribution in [0, 0.1) is 5.82 Å². The highest BCUT2D eigenvalue weighted by atomic mass is 35.5. The number of fused-ring (bicyclic) bond motifs is 2. The van der Waals surface area contributed by atoms with Crippen LogP contribution in [0.3, 0.4) is 0 Å². The van der Waals surface area contributed by atoms with E-state index in [1.807, 2.05) is 37.3 Å². The lowest BCUT2D eigenvalue weighted by molar-refractivity contribution is 0.0682. The molecule has 212 valence electrons. The first-order valence-corrected chi connectivity index (χ1v) is 14.2. The topological polar surface area (TPSA) is 80.7 Å². The van der Waals surface area contributed by atoms with Gasteiger partial charge < -0.3 is 14.4 Å². The number of alkyl halides is 1. The fourth-order valence-corrected chi connectivity index (χ4v) is 6.69. The summed E-state index contributed by atoms with van der Waals surface area (Å²) in [5.74, 6) is -0.820. The minimum absolute atomic E-state index is 0.0459. The number of ether oxygens (including phenoxy) is 2. The molecule has 11 heteroatoms. The van der Waals surface area contributed by atoms with Crippen LogP contribution in [0.1, 0.15) is 56.2 Å². The lowest BCUT2D eigenvalue weighted by atomic mass is 9.87. The molecule has 1 unspecified atom stereocenters. The number of carbonyl (C=O) groups excluding carboxylic acids is 1. The summed E-state index contributed by atoms with van der Waals surface area (Å²) in [6.07, 6.45) is 3.67. The van der Waals surface area contributed by atoms with Crippen molar-refractivity contribution < 1.29 is 23.0 Å². The molecule has 0 N–H and O–H groups in total. The first-order chi connectivity index (χ1) is 19.3. The number of carbonyl (C=O) groups is 1. The normalized spacial score (nSPS) is 26.7. The molecule has 40 heavy (non-hydrogen) atoms. The van der Waals surface area contributed by atoms with Gasteiger partial charge >= 0.3 is 12.1 Å². The lowest BCUT2D eigenvalue weighted by Crippen LogP contribution is -2.44. The largest absolute Gasteiger partial charge is 0.461 e. The molecule has 2 aromatic heterocycles. The number of aromatic nitrogens is 3. The molecule has 0 saturated carbocycles. The highest BCUT2D eigenvalue weighted by Gasteiger charge is 2.49. The van der Waals surface area contributed by atoms with Crippen LogP contribution in [0.15, 0.2) is 36.5 Å². The molecule has 3 aromatic rings. The summed E-state index contributed by atoms with van der Waals surface area (Å²) in [7, 11) is 0. The van der Waals surface area contributed by atoms with Crippen LogP contribution in [-0.2, 0) is 11.3 Å². The van der Waals surface area contributed by atoms with Crippen LogP contribution in [-0.4, -0.2) is 74.8 Å². The minimum atomic E-state index is -0.884. The van der Waals surface area contributed by atoms with E-state index in [0.717, 1.165) is 24.9 Å². The Hall–Kier alpha value is -3.11. The number of benzene rings is 1. The third-order valence-electron chi connectivity index (χ3n) is 8.58. The van der Waals surface area contributed by atoms with Crippen molar-refractivity contribution in [1.82, 2.24) is 24.8 Å². The molecule has 3 aliphatic heterocycles. The Morgan fingerprint density at radius 3 is 2.85 bits per heavy atom. The Bertz CT molecular complexity index is 1400. The first-order valence-electron chi connectivity index (χ1n) is 13.8. The van der Waals surface area contributed by atoms with Gasteiger partial charge in [-0.05, 0) is 44.7 Å². The molecule has 3 saturated heterocycles. The predicted molar refractivity (Wildman–Crippen MR) is 146 cm³/mol. The summed E-state index contributed by atoms with van der Waals surface area (Å²) in [4.78, 5) is 29.8. The Balaban J connectivity index is 1.21. The van der Waals surface area contributed by atoms with E-state index in [4.69, 9.17) is 26.1 Å². The molecule has 5 heterocycles. The van der Waals surface area contributed by atoms with Gasteiger partial charge in [-0.15, -0.1) is 0 Å². The number of amides is 1. The summed E-state index contributed by atoms with van der Waals surface area (Å²) in [6.45, 7) is 4.12. The number of hydrogen-bond donors (Lipinski definition) is 0. The van der Waals surface area contributed by atoms with Crippen LogP contribution >= 0.6 is 11.6 Å². The zero-order valence-electron chi connectivity index (χ0n) is 22.4. The second kappa shape index (κ2) is 11.0. The zero-order chi connectivity index (χ0) is 27.9. The maximum absolute atomic E-state index is 15.1. The van der Waals surface area contributed by atoms with Crippen LogP contribution in [0.25, 0.3) is 10.9 Å². The summed E-state index contributed by atoms with van der Waals surface area (Å²) in [6, 6.07) is 9.46. The van der Waals surface area contributed by atoms with E-state index in [-0.39, 0.29) is 53.5 Å². The van der Waals surface area contributed by atoms with E-state index < -0.39 is 12.0 Å². The molecular weight excluding hydrogens is 540 g/mol. The van der Waals surface area contributed by atoms with Crippen LogP contribution in [0.2, 0.25) is 5.15 Å². The van der Waals surface area contributed by atoms with Crippen molar-refractivity contribution in [2.45, 2.75) is 69.3 Å². The van der Waals surface area contributed by atoms with Crippen molar-refractivity contribution in [3.63, 3.8) is 0 Å². The monoisotopic (exact) mass is 571 g/mol. The highest BCUT2D eigenvalue weighted by molar-refractivity contribution is 6.30.